The van der Waals surface area contributed by atoms with E-state index in [0.717, 1.165) is 24.4 Å². The number of amides is 2. The molecule has 2 aromatic heterocycles. The smallest absolute Gasteiger partial charge is 0.433 e. The standard InChI is InChI=1S/C24H19ClF4N4O4/c1-12-22(32-19(34)9-36-14-3-4-15(25)16(26)6-14)10-23(12,11-22)33-20(35)17-8-31-21(37-17)13-2-5-18(30-7-13)24(27,28)29/h2-8,12H,9-11H2,1H3,(H,32,34)(H,33,35)/t12-,22?,23?/m0/s1. The number of rotatable bonds is 7. The van der Waals surface area contributed by atoms with E-state index < -0.39 is 34.7 Å². The van der Waals surface area contributed by atoms with Crippen LogP contribution in [0.1, 0.15) is 36.0 Å². The largest absolute Gasteiger partial charge is 0.484 e. The summed E-state index contributed by atoms with van der Waals surface area (Å²) in [6, 6.07) is 5.84. The lowest BCUT2D eigenvalue weighted by atomic mass is 9.37. The minimum atomic E-state index is -4.57. The fraction of sp³-hybridized carbons (Fsp3) is 0.333. The van der Waals surface area contributed by atoms with Gasteiger partial charge in [-0.05, 0) is 37.1 Å². The highest BCUT2D eigenvalue weighted by atomic mass is 35.5. The lowest BCUT2D eigenvalue weighted by Crippen LogP contribution is -2.89. The van der Waals surface area contributed by atoms with Crippen LogP contribution in [0.2, 0.25) is 5.02 Å². The molecule has 37 heavy (non-hydrogen) atoms. The van der Waals surface area contributed by atoms with Gasteiger partial charge in [0.25, 0.3) is 11.8 Å². The number of oxazole rings is 1. The van der Waals surface area contributed by atoms with E-state index in [4.69, 9.17) is 20.8 Å². The predicted octanol–water partition coefficient (Wildman–Crippen LogP) is 4.39. The number of nitrogens with one attached hydrogen (secondary N) is 2. The van der Waals surface area contributed by atoms with Gasteiger partial charge in [0.05, 0.1) is 16.8 Å². The van der Waals surface area contributed by atoms with E-state index in [1.54, 1.807) is 0 Å². The van der Waals surface area contributed by atoms with E-state index in [0.29, 0.717) is 12.8 Å². The predicted molar refractivity (Wildman–Crippen MR) is 121 cm³/mol. The molecule has 1 atom stereocenters. The number of carbonyl (C=O) groups excluding carboxylic acids is 2. The number of aromatic nitrogens is 2. The number of pyridine rings is 1. The molecule has 2 heterocycles. The fourth-order valence-electron chi connectivity index (χ4n) is 4.86. The van der Waals surface area contributed by atoms with E-state index in [1.165, 1.54) is 18.3 Å². The first-order valence-electron chi connectivity index (χ1n) is 11.1. The van der Waals surface area contributed by atoms with Gasteiger partial charge >= 0.3 is 6.18 Å². The Balaban J connectivity index is 1.14. The second kappa shape index (κ2) is 8.72. The van der Waals surface area contributed by atoms with Crippen LogP contribution in [0.3, 0.4) is 0 Å². The maximum absolute atomic E-state index is 13.5. The molecule has 0 radical (unpaired) electrons. The number of ether oxygens (including phenoxy) is 1. The Labute approximate surface area is 212 Å². The monoisotopic (exact) mass is 538 g/mol. The van der Waals surface area contributed by atoms with Crippen molar-refractivity contribution in [1.82, 2.24) is 20.6 Å². The third-order valence-electron chi connectivity index (χ3n) is 6.96. The lowest BCUT2D eigenvalue weighted by molar-refractivity contribution is -0.174. The van der Waals surface area contributed by atoms with E-state index in [9.17, 15) is 27.2 Å². The molecule has 0 aliphatic heterocycles. The Bertz CT molecular complexity index is 1370. The fourth-order valence-corrected chi connectivity index (χ4v) is 4.98. The van der Waals surface area contributed by atoms with Crippen molar-refractivity contribution in [2.24, 2.45) is 5.92 Å². The van der Waals surface area contributed by atoms with Gasteiger partial charge in [-0.15, -0.1) is 0 Å². The van der Waals surface area contributed by atoms with E-state index >= 15 is 0 Å². The number of hydrogen-bond acceptors (Lipinski definition) is 6. The molecule has 6 rings (SSSR count). The van der Waals surface area contributed by atoms with Crippen molar-refractivity contribution in [2.75, 3.05) is 6.61 Å². The van der Waals surface area contributed by atoms with Crippen LogP contribution in [0.5, 0.6) is 5.75 Å². The molecule has 0 unspecified atom stereocenters. The van der Waals surface area contributed by atoms with Crippen molar-refractivity contribution in [3.8, 4) is 17.2 Å². The van der Waals surface area contributed by atoms with Crippen LogP contribution in [0, 0.1) is 11.7 Å². The van der Waals surface area contributed by atoms with E-state index in [-0.39, 0.29) is 46.4 Å². The topological polar surface area (TPSA) is 106 Å². The zero-order chi connectivity index (χ0) is 26.6. The molecule has 3 fully saturated rings. The Kier molecular flexibility index (Phi) is 5.89. The molecule has 13 heteroatoms. The second-order valence-corrected chi connectivity index (χ2v) is 9.62. The van der Waals surface area contributed by atoms with Gasteiger partial charge < -0.3 is 19.8 Å². The van der Waals surface area contributed by atoms with Crippen LogP contribution in [0.15, 0.2) is 47.1 Å². The van der Waals surface area contributed by atoms with E-state index in [1.807, 2.05) is 6.92 Å². The number of alkyl halides is 3. The van der Waals surface area contributed by atoms with Crippen LogP contribution in [-0.2, 0) is 11.0 Å². The van der Waals surface area contributed by atoms with Crippen LogP contribution >= 0.6 is 11.6 Å². The Morgan fingerprint density at radius 2 is 1.86 bits per heavy atom. The Morgan fingerprint density at radius 1 is 1.14 bits per heavy atom. The zero-order valence-corrected chi connectivity index (χ0v) is 19.9. The first-order chi connectivity index (χ1) is 17.4. The summed E-state index contributed by atoms with van der Waals surface area (Å²) in [7, 11) is 0. The Hall–Kier alpha value is -3.67. The van der Waals surface area contributed by atoms with Gasteiger partial charge in [-0.25, -0.2) is 9.37 Å². The summed E-state index contributed by atoms with van der Waals surface area (Å²) in [6.07, 6.45) is -1.41. The van der Waals surface area contributed by atoms with Gasteiger partial charge in [0.15, 0.2) is 6.61 Å². The summed E-state index contributed by atoms with van der Waals surface area (Å²) >= 11 is 5.63. The van der Waals surface area contributed by atoms with Crippen LogP contribution in [0.25, 0.3) is 11.5 Å². The average molecular weight is 539 g/mol. The summed E-state index contributed by atoms with van der Waals surface area (Å²) in [5.41, 5.74) is -1.88. The minimum absolute atomic E-state index is 0.0404. The number of benzene rings is 1. The summed E-state index contributed by atoms with van der Waals surface area (Å²) in [4.78, 5) is 32.4. The molecule has 2 amide bonds. The van der Waals surface area contributed by atoms with Crippen LogP contribution in [0.4, 0.5) is 17.6 Å². The number of halogens is 5. The second-order valence-electron chi connectivity index (χ2n) is 9.21. The summed E-state index contributed by atoms with van der Waals surface area (Å²) in [5, 5.41) is 5.79. The van der Waals surface area contributed by atoms with Gasteiger partial charge in [0.2, 0.25) is 11.7 Å². The van der Waals surface area contributed by atoms with Crippen LogP contribution in [-0.4, -0.2) is 39.5 Å². The highest BCUT2D eigenvalue weighted by Gasteiger charge is 2.75. The van der Waals surface area contributed by atoms with Crippen LogP contribution < -0.4 is 15.4 Å². The molecule has 3 saturated carbocycles. The molecule has 1 aromatic carbocycles. The molecule has 3 aromatic rings. The number of nitrogens with zero attached hydrogens (tertiary/aromatic N) is 2. The molecule has 0 spiro atoms. The van der Waals surface area contributed by atoms with Gasteiger partial charge in [0, 0.05) is 29.3 Å². The van der Waals surface area contributed by atoms with Gasteiger partial charge in [-0.2, -0.15) is 13.2 Å². The Morgan fingerprint density at radius 3 is 2.49 bits per heavy atom. The molecule has 194 valence electrons. The summed E-state index contributed by atoms with van der Waals surface area (Å²) in [6.45, 7) is 1.58. The van der Waals surface area contributed by atoms with Crippen molar-refractivity contribution >= 4 is 23.4 Å². The van der Waals surface area contributed by atoms with E-state index in [2.05, 4.69) is 20.6 Å². The third kappa shape index (κ3) is 4.50. The van der Waals surface area contributed by atoms with Crippen molar-refractivity contribution in [1.29, 1.82) is 0 Å². The molecule has 0 saturated heterocycles. The van der Waals surface area contributed by atoms with Crippen molar-refractivity contribution < 1.29 is 36.3 Å². The maximum atomic E-state index is 13.5. The first kappa shape index (κ1) is 25.0. The summed E-state index contributed by atoms with van der Waals surface area (Å²) in [5.74, 6) is -1.62. The molecule has 3 aliphatic rings. The van der Waals surface area contributed by atoms with Crippen molar-refractivity contribution in [3.63, 3.8) is 0 Å². The first-order valence-corrected chi connectivity index (χ1v) is 11.5. The average Bonchev–Trinajstić information content (AvgIpc) is 3.34. The van der Waals surface area contributed by atoms with Gasteiger partial charge in [-0.3, -0.25) is 14.6 Å². The molecule has 2 bridgehead atoms. The molecule has 2 N–H and O–H groups in total. The number of hydrogen-bond donors (Lipinski definition) is 2. The highest BCUT2D eigenvalue weighted by Crippen LogP contribution is 2.64. The van der Waals surface area contributed by atoms with Gasteiger partial charge in [-0.1, -0.05) is 18.5 Å². The third-order valence-corrected chi connectivity index (χ3v) is 7.27. The van der Waals surface area contributed by atoms with Gasteiger partial charge in [0.1, 0.15) is 17.3 Å². The normalized spacial score (nSPS) is 24.0. The molecular formula is C24H19ClF4N4O4. The zero-order valence-electron chi connectivity index (χ0n) is 19.2. The quantitative estimate of drug-likeness (QED) is 0.432. The molecule has 3 aliphatic carbocycles. The summed E-state index contributed by atoms with van der Waals surface area (Å²) < 4.78 is 62.4. The minimum Gasteiger partial charge on any atom is -0.484 e. The SMILES string of the molecule is C[C@H]1C2(NC(=O)COc3ccc(Cl)c(F)c3)CC1(NC(=O)c1cnc(-c3ccc(C(F)(F)F)nc3)o1)C2. The molecular weight excluding hydrogens is 520 g/mol. The lowest BCUT2D eigenvalue weighted by Gasteiger charge is -2.75. The maximum Gasteiger partial charge on any atom is 0.433 e. The highest BCUT2D eigenvalue weighted by molar-refractivity contribution is 6.30. The molecule has 8 nitrogen and oxygen atoms in total. The number of carbonyl (C=O) groups is 2. The van der Waals surface area contributed by atoms with Crippen molar-refractivity contribution in [3.05, 3.63) is 65.0 Å². The van der Waals surface area contributed by atoms with Crippen molar-refractivity contribution in [2.45, 2.75) is 37.0 Å².